The van der Waals surface area contributed by atoms with Gasteiger partial charge in [-0.3, -0.25) is 9.10 Å². The van der Waals surface area contributed by atoms with E-state index in [1.165, 1.54) is 25.1 Å². The summed E-state index contributed by atoms with van der Waals surface area (Å²) in [4.78, 5) is 25.0. The summed E-state index contributed by atoms with van der Waals surface area (Å²) in [5.74, 6) is -1.46. The number of anilines is 2. The number of para-hydroxylation sites is 2. The standard InChI is InChI=1S/C25H23ClN2O5S/c1-3-16-28(20-12-8-5-9-13-20)34(31,32)21-14-15-23(26)22(17-21)25(30)33-18(2)24(29)27-19-10-6-4-7-11-19/h3-15,17-18H,1,16H2,2H3,(H,27,29). The summed E-state index contributed by atoms with van der Waals surface area (Å²) in [5.41, 5.74) is 0.811. The Kier molecular flexibility index (Phi) is 8.09. The van der Waals surface area contributed by atoms with Crippen LogP contribution >= 0.6 is 11.6 Å². The molecule has 0 radical (unpaired) electrons. The molecule has 34 heavy (non-hydrogen) atoms. The van der Waals surface area contributed by atoms with E-state index in [1.807, 2.05) is 0 Å². The number of rotatable bonds is 9. The Labute approximate surface area is 203 Å². The van der Waals surface area contributed by atoms with Gasteiger partial charge in [0.25, 0.3) is 15.9 Å². The van der Waals surface area contributed by atoms with Crippen molar-refractivity contribution in [1.29, 1.82) is 0 Å². The fraction of sp³-hybridized carbons (Fsp3) is 0.120. The topological polar surface area (TPSA) is 92.8 Å². The number of ether oxygens (including phenoxy) is 1. The van der Waals surface area contributed by atoms with Crippen LogP contribution in [0.15, 0.2) is 96.4 Å². The maximum absolute atomic E-state index is 13.4. The van der Waals surface area contributed by atoms with Crippen LogP contribution in [0.1, 0.15) is 17.3 Å². The molecular weight excluding hydrogens is 476 g/mol. The molecule has 1 atom stereocenters. The minimum atomic E-state index is -4.06. The van der Waals surface area contributed by atoms with Gasteiger partial charge in [0.1, 0.15) is 0 Å². The zero-order valence-electron chi connectivity index (χ0n) is 18.3. The van der Waals surface area contributed by atoms with Gasteiger partial charge in [-0.1, -0.05) is 54.1 Å². The number of nitrogens with one attached hydrogen (secondary N) is 1. The van der Waals surface area contributed by atoms with Crippen LogP contribution in [0.4, 0.5) is 11.4 Å². The van der Waals surface area contributed by atoms with E-state index in [0.29, 0.717) is 11.4 Å². The van der Waals surface area contributed by atoms with Crippen LogP contribution in [0, 0.1) is 0 Å². The van der Waals surface area contributed by atoms with E-state index in [9.17, 15) is 18.0 Å². The maximum atomic E-state index is 13.4. The van der Waals surface area contributed by atoms with Gasteiger partial charge in [-0.05, 0) is 49.4 Å². The average Bonchev–Trinajstić information content (AvgIpc) is 2.83. The molecule has 1 amide bonds. The molecule has 0 aliphatic carbocycles. The number of carbonyl (C=O) groups is 2. The van der Waals surface area contributed by atoms with Crippen LogP contribution in [-0.2, 0) is 19.6 Å². The van der Waals surface area contributed by atoms with Gasteiger partial charge in [-0.2, -0.15) is 0 Å². The Hall–Kier alpha value is -3.62. The molecule has 3 rings (SSSR count). The summed E-state index contributed by atoms with van der Waals surface area (Å²) >= 11 is 6.17. The Morgan fingerprint density at radius 1 is 1.06 bits per heavy atom. The average molecular weight is 499 g/mol. The minimum Gasteiger partial charge on any atom is -0.449 e. The summed E-state index contributed by atoms with van der Waals surface area (Å²) in [6.07, 6.45) is 0.313. The third-order valence-electron chi connectivity index (χ3n) is 4.78. The molecule has 0 spiro atoms. The van der Waals surface area contributed by atoms with E-state index in [2.05, 4.69) is 11.9 Å². The van der Waals surface area contributed by atoms with Gasteiger partial charge >= 0.3 is 5.97 Å². The molecule has 0 aromatic heterocycles. The molecule has 9 heteroatoms. The van der Waals surface area contributed by atoms with Crippen LogP contribution in [0.3, 0.4) is 0 Å². The van der Waals surface area contributed by atoms with Gasteiger partial charge in [0.05, 0.1) is 27.7 Å². The second kappa shape index (κ2) is 11.0. The van der Waals surface area contributed by atoms with Crippen LogP contribution in [0.25, 0.3) is 0 Å². The number of hydrogen-bond acceptors (Lipinski definition) is 5. The summed E-state index contributed by atoms with van der Waals surface area (Å²) in [5, 5.41) is 2.63. The van der Waals surface area contributed by atoms with Crippen molar-refractivity contribution in [2.45, 2.75) is 17.9 Å². The second-order valence-electron chi connectivity index (χ2n) is 7.20. The molecule has 1 N–H and O–H groups in total. The first-order valence-electron chi connectivity index (χ1n) is 10.3. The number of nitrogens with zero attached hydrogens (tertiary/aromatic N) is 1. The van der Waals surface area contributed by atoms with Crippen LogP contribution in [0.2, 0.25) is 5.02 Å². The lowest BCUT2D eigenvalue weighted by molar-refractivity contribution is -0.123. The van der Waals surface area contributed by atoms with Crippen molar-refractivity contribution in [3.05, 3.63) is 102 Å². The number of esters is 1. The number of halogens is 1. The lowest BCUT2D eigenvalue weighted by Crippen LogP contribution is -2.32. The monoisotopic (exact) mass is 498 g/mol. The molecule has 0 saturated carbocycles. The van der Waals surface area contributed by atoms with Gasteiger partial charge in [0.15, 0.2) is 6.10 Å². The van der Waals surface area contributed by atoms with Crippen molar-refractivity contribution in [2.75, 3.05) is 16.2 Å². The van der Waals surface area contributed by atoms with E-state index >= 15 is 0 Å². The van der Waals surface area contributed by atoms with Crippen LogP contribution < -0.4 is 9.62 Å². The molecule has 0 aliphatic rings. The third-order valence-corrected chi connectivity index (χ3v) is 6.90. The summed E-state index contributed by atoms with van der Waals surface area (Å²) in [7, 11) is -4.06. The maximum Gasteiger partial charge on any atom is 0.340 e. The molecule has 3 aromatic rings. The van der Waals surface area contributed by atoms with Gasteiger partial charge in [-0.25, -0.2) is 13.2 Å². The number of amides is 1. The number of sulfonamides is 1. The second-order valence-corrected chi connectivity index (χ2v) is 9.47. The molecule has 7 nitrogen and oxygen atoms in total. The largest absolute Gasteiger partial charge is 0.449 e. The lowest BCUT2D eigenvalue weighted by atomic mass is 10.2. The fourth-order valence-electron chi connectivity index (χ4n) is 3.05. The first-order valence-corrected chi connectivity index (χ1v) is 12.1. The molecule has 0 heterocycles. The lowest BCUT2D eigenvalue weighted by Gasteiger charge is -2.23. The highest BCUT2D eigenvalue weighted by Gasteiger charge is 2.27. The van der Waals surface area contributed by atoms with Gasteiger partial charge in [-0.15, -0.1) is 6.58 Å². The predicted octanol–water partition coefficient (Wildman–Crippen LogP) is 4.91. The zero-order valence-corrected chi connectivity index (χ0v) is 19.9. The van der Waals surface area contributed by atoms with E-state index in [4.69, 9.17) is 16.3 Å². The molecule has 3 aromatic carbocycles. The smallest absolute Gasteiger partial charge is 0.340 e. The van der Waals surface area contributed by atoms with Crippen LogP contribution in [0.5, 0.6) is 0 Å². The van der Waals surface area contributed by atoms with Crippen LogP contribution in [-0.4, -0.2) is 32.9 Å². The SMILES string of the molecule is C=CCN(c1ccccc1)S(=O)(=O)c1ccc(Cl)c(C(=O)OC(C)C(=O)Nc2ccccc2)c1. The van der Waals surface area contributed by atoms with Crippen molar-refractivity contribution < 1.29 is 22.7 Å². The quantitative estimate of drug-likeness (QED) is 0.334. The van der Waals surface area contributed by atoms with Crippen molar-refractivity contribution in [3.63, 3.8) is 0 Å². The summed E-state index contributed by atoms with van der Waals surface area (Å²) < 4.78 is 33.1. The zero-order chi connectivity index (χ0) is 24.7. The fourth-order valence-corrected chi connectivity index (χ4v) is 4.70. The molecule has 0 fully saturated rings. The van der Waals surface area contributed by atoms with Crippen molar-refractivity contribution >= 4 is 44.9 Å². The first kappa shape index (κ1) is 25.0. The highest BCUT2D eigenvalue weighted by molar-refractivity contribution is 7.92. The molecule has 0 aliphatic heterocycles. The Balaban J connectivity index is 1.84. The molecular formula is C25H23ClN2O5S. The highest BCUT2D eigenvalue weighted by atomic mass is 35.5. The highest BCUT2D eigenvalue weighted by Crippen LogP contribution is 2.27. The van der Waals surface area contributed by atoms with Crippen molar-refractivity contribution in [3.8, 4) is 0 Å². The van der Waals surface area contributed by atoms with Gasteiger partial charge < -0.3 is 10.1 Å². The van der Waals surface area contributed by atoms with E-state index in [-0.39, 0.29) is 22.0 Å². The predicted molar refractivity (Wildman–Crippen MR) is 133 cm³/mol. The number of benzene rings is 3. The summed E-state index contributed by atoms with van der Waals surface area (Å²) in [6.45, 7) is 5.06. The minimum absolute atomic E-state index is 0.00500. The van der Waals surface area contributed by atoms with E-state index in [1.54, 1.807) is 60.7 Å². The summed E-state index contributed by atoms with van der Waals surface area (Å²) in [6, 6.07) is 20.9. The Morgan fingerprint density at radius 2 is 1.68 bits per heavy atom. The normalized spacial score (nSPS) is 11.8. The number of hydrogen-bond donors (Lipinski definition) is 1. The Morgan fingerprint density at radius 3 is 2.29 bits per heavy atom. The molecule has 0 saturated heterocycles. The third kappa shape index (κ3) is 5.84. The van der Waals surface area contributed by atoms with Crippen molar-refractivity contribution in [2.24, 2.45) is 0 Å². The van der Waals surface area contributed by atoms with E-state index in [0.717, 1.165) is 10.4 Å². The van der Waals surface area contributed by atoms with Crippen molar-refractivity contribution in [1.82, 2.24) is 0 Å². The van der Waals surface area contributed by atoms with Gasteiger partial charge in [0, 0.05) is 5.69 Å². The molecule has 0 bridgehead atoms. The van der Waals surface area contributed by atoms with E-state index < -0.39 is 28.0 Å². The molecule has 176 valence electrons. The van der Waals surface area contributed by atoms with Gasteiger partial charge in [0.2, 0.25) is 0 Å². The Bertz CT molecular complexity index is 1280. The molecule has 1 unspecified atom stereocenters. The first-order chi connectivity index (χ1) is 16.2. The number of carbonyl (C=O) groups excluding carboxylic acids is 2.